The minimum atomic E-state index is -0.617. The van der Waals surface area contributed by atoms with E-state index in [-0.39, 0.29) is 5.56 Å². The van der Waals surface area contributed by atoms with Crippen molar-refractivity contribution in [1.29, 1.82) is 0 Å². The third-order valence-electron chi connectivity index (χ3n) is 4.72. The molecule has 3 aromatic rings. The molecule has 1 aromatic heterocycles. The molecule has 1 unspecified atom stereocenters. The van der Waals surface area contributed by atoms with Crippen LogP contribution < -0.4 is 10.7 Å². The Kier molecular flexibility index (Phi) is 5.67. The van der Waals surface area contributed by atoms with Crippen LogP contribution >= 0.6 is 23.1 Å². The second-order valence-electron chi connectivity index (χ2n) is 6.70. The number of thiazole rings is 1. The van der Waals surface area contributed by atoms with Crippen molar-refractivity contribution in [3.63, 3.8) is 0 Å². The summed E-state index contributed by atoms with van der Waals surface area (Å²) in [5.41, 5.74) is 7.02. The number of aryl methyl sites for hydroxylation is 1. The maximum absolute atomic E-state index is 14.6. The number of aromatic nitrogens is 1. The summed E-state index contributed by atoms with van der Waals surface area (Å²) in [7, 11) is 0. The SMILES string of the molecule is Cc1ncc(N2N=C(c3cc(F)ccc3F)SC2(CCCN)c2ccccc2)s1. The zero-order chi connectivity index (χ0) is 20.4. The van der Waals surface area contributed by atoms with E-state index in [1.165, 1.54) is 29.2 Å². The van der Waals surface area contributed by atoms with E-state index in [4.69, 9.17) is 10.8 Å². The Balaban J connectivity index is 1.88. The number of rotatable bonds is 6. The van der Waals surface area contributed by atoms with Gasteiger partial charge in [-0.3, -0.25) is 0 Å². The highest BCUT2D eigenvalue weighted by molar-refractivity contribution is 8.15. The minimum absolute atomic E-state index is 0.159. The third-order valence-corrected chi connectivity index (χ3v) is 7.05. The Morgan fingerprint density at radius 2 is 1.93 bits per heavy atom. The van der Waals surface area contributed by atoms with Gasteiger partial charge in [-0.05, 0) is 50.1 Å². The predicted octanol–water partition coefficient (Wildman–Crippen LogP) is 5.24. The molecule has 0 fully saturated rings. The van der Waals surface area contributed by atoms with Crippen LogP contribution in [0.15, 0.2) is 59.8 Å². The summed E-state index contributed by atoms with van der Waals surface area (Å²) in [4.78, 5) is 3.75. The van der Waals surface area contributed by atoms with Crippen molar-refractivity contribution < 1.29 is 8.78 Å². The van der Waals surface area contributed by atoms with Gasteiger partial charge in [0.15, 0.2) is 0 Å². The first-order valence-electron chi connectivity index (χ1n) is 9.25. The number of hydrogen-bond acceptors (Lipinski definition) is 6. The Bertz CT molecular complexity index is 1040. The maximum Gasteiger partial charge on any atom is 0.140 e. The van der Waals surface area contributed by atoms with Gasteiger partial charge in [0.2, 0.25) is 0 Å². The molecule has 0 saturated heterocycles. The summed E-state index contributed by atoms with van der Waals surface area (Å²) in [6.45, 7) is 2.45. The van der Waals surface area contributed by atoms with Gasteiger partial charge in [0, 0.05) is 5.56 Å². The van der Waals surface area contributed by atoms with E-state index in [1.807, 2.05) is 42.3 Å². The second kappa shape index (κ2) is 8.22. The zero-order valence-corrected chi connectivity index (χ0v) is 17.4. The van der Waals surface area contributed by atoms with Crippen LogP contribution in [0.2, 0.25) is 0 Å². The summed E-state index contributed by atoms with van der Waals surface area (Å²) in [6.07, 6.45) is 3.22. The first-order valence-corrected chi connectivity index (χ1v) is 10.9. The standard InChI is InChI=1S/C21H20F2N4S2/c1-14-25-13-19(28-14)27-21(10-5-11-24,15-6-3-2-4-7-15)29-20(26-27)17-12-16(22)8-9-18(17)23/h2-4,6-9,12-13H,5,10-11,24H2,1H3. The number of hydrogen-bond donors (Lipinski definition) is 1. The fourth-order valence-electron chi connectivity index (χ4n) is 3.36. The largest absolute Gasteiger partial charge is 0.330 e. The molecule has 2 aromatic carbocycles. The maximum atomic E-state index is 14.6. The van der Waals surface area contributed by atoms with Gasteiger partial charge in [-0.15, -0.1) is 11.3 Å². The average Bonchev–Trinajstić information content (AvgIpc) is 3.33. The lowest BCUT2D eigenvalue weighted by atomic mass is 10.0. The molecule has 8 heteroatoms. The normalized spacial score (nSPS) is 18.9. The molecule has 0 radical (unpaired) electrons. The lowest BCUT2D eigenvalue weighted by Gasteiger charge is -2.36. The van der Waals surface area contributed by atoms with Crippen LogP contribution in [0.1, 0.15) is 29.0 Å². The van der Waals surface area contributed by atoms with E-state index in [2.05, 4.69) is 4.98 Å². The van der Waals surface area contributed by atoms with Crippen LogP contribution in [0.3, 0.4) is 0 Å². The topological polar surface area (TPSA) is 54.5 Å². The monoisotopic (exact) mass is 430 g/mol. The Hall–Kier alpha value is -2.29. The van der Waals surface area contributed by atoms with Crippen molar-refractivity contribution >= 4 is 33.1 Å². The van der Waals surface area contributed by atoms with Gasteiger partial charge in [-0.2, -0.15) is 5.10 Å². The van der Waals surface area contributed by atoms with Crippen molar-refractivity contribution in [2.24, 2.45) is 10.8 Å². The summed E-state index contributed by atoms with van der Waals surface area (Å²) >= 11 is 2.95. The van der Waals surface area contributed by atoms with E-state index >= 15 is 0 Å². The molecule has 0 amide bonds. The molecule has 2 heterocycles. The molecule has 2 N–H and O–H groups in total. The lowest BCUT2D eigenvalue weighted by molar-refractivity contribution is 0.529. The van der Waals surface area contributed by atoms with Gasteiger partial charge < -0.3 is 5.73 Å². The van der Waals surface area contributed by atoms with Gasteiger partial charge in [-0.1, -0.05) is 42.1 Å². The van der Waals surface area contributed by atoms with Gasteiger partial charge >= 0.3 is 0 Å². The fourth-order valence-corrected chi connectivity index (χ4v) is 5.65. The highest BCUT2D eigenvalue weighted by Gasteiger charge is 2.47. The van der Waals surface area contributed by atoms with E-state index in [0.717, 1.165) is 34.1 Å². The number of thioether (sulfide) groups is 1. The molecule has 1 aliphatic rings. The number of nitrogens with two attached hydrogens (primary N) is 1. The molecule has 1 atom stereocenters. The Morgan fingerprint density at radius 1 is 1.14 bits per heavy atom. The average molecular weight is 431 g/mol. The van der Waals surface area contributed by atoms with Crippen molar-refractivity contribution in [3.05, 3.63) is 82.5 Å². The van der Waals surface area contributed by atoms with Crippen LogP contribution in [0.5, 0.6) is 0 Å². The summed E-state index contributed by atoms with van der Waals surface area (Å²) in [5, 5.41) is 8.86. The van der Waals surface area contributed by atoms with Crippen molar-refractivity contribution in [1.82, 2.24) is 4.98 Å². The molecule has 29 heavy (non-hydrogen) atoms. The molecule has 0 saturated carbocycles. The number of benzene rings is 2. The highest BCUT2D eigenvalue weighted by atomic mass is 32.2. The minimum Gasteiger partial charge on any atom is -0.330 e. The third kappa shape index (κ3) is 3.80. The summed E-state index contributed by atoms with van der Waals surface area (Å²) in [6, 6.07) is 13.4. The second-order valence-corrected chi connectivity index (χ2v) is 9.18. The number of halogens is 2. The first-order chi connectivity index (χ1) is 14.0. The van der Waals surface area contributed by atoms with E-state index < -0.39 is 16.5 Å². The van der Waals surface area contributed by atoms with Crippen molar-refractivity contribution in [2.75, 3.05) is 11.6 Å². The van der Waals surface area contributed by atoms with Crippen LogP contribution in [0.4, 0.5) is 13.8 Å². The Labute approximate surface area is 176 Å². The first kappa shape index (κ1) is 20.0. The van der Waals surface area contributed by atoms with Crippen molar-refractivity contribution in [3.8, 4) is 0 Å². The van der Waals surface area contributed by atoms with Crippen molar-refractivity contribution in [2.45, 2.75) is 24.6 Å². The number of anilines is 1. The Morgan fingerprint density at radius 3 is 2.62 bits per heavy atom. The van der Waals surface area contributed by atoms with Gasteiger partial charge in [0.05, 0.1) is 11.2 Å². The molecule has 0 aliphatic carbocycles. The fraction of sp³-hybridized carbons (Fsp3) is 0.238. The van der Waals surface area contributed by atoms with Crippen LogP contribution in [-0.4, -0.2) is 16.6 Å². The lowest BCUT2D eigenvalue weighted by Crippen LogP contribution is -2.37. The molecule has 150 valence electrons. The molecule has 4 rings (SSSR count). The summed E-state index contributed by atoms with van der Waals surface area (Å²) < 4.78 is 28.4. The highest BCUT2D eigenvalue weighted by Crippen LogP contribution is 2.53. The molecular formula is C21H20F2N4S2. The number of nitrogens with zero attached hydrogens (tertiary/aromatic N) is 3. The predicted molar refractivity (Wildman–Crippen MR) is 116 cm³/mol. The smallest absolute Gasteiger partial charge is 0.140 e. The van der Waals surface area contributed by atoms with Crippen LogP contribution in [-0.2, 0) is 4.87 Å². The quantitative estimate of drug-likeness (QED) is 0.581. The van der Waals surface area contributed by atoms with E-state index in [9.17, 15) is 8.78 Å². The molecule has 1 aliphatic heterocycles. The van der Waals surface area contributed by atoms with Gasteiger partial charge in [0.1, 0.15) is 26.6 Å². The molecule has 0 spiro atoms. The van der Waals surface area contributed by atoms with E-state index in [0.29, 0.717) is 18.0 Å². The number of hydrazone groups is 1. The zero-order valence-electron chi connectivity index (χ0n) is 15.8. The summed E-state index contributed by atoms with van der Waals surface area (Å²) in [5.74, 6) is -0.996. The molecule has 0 bridgehead atoms. The van der Waals surface area contributed by atoms with Gasteiger partial charge in [-0.25, -0.2) is 18.8 Å². The van der Waals surface area contributed by atoms with Gasteiger partial charge in [0.25, 0.3) is 0 Å². The molecular weight excluding hydrogens is 410 g/mol. The molecule has 4 nitrogen and oxygen atoms in total. The van der Waals surface area contributed by atoms with Crippen LogP contribution in [0.25, 0.3) is 0 Å². The van der Waals surface area contributed by atoms with Crippen LogP contribution in [0, 0.1) is 18.6 Å². The van der Waals surface area contributed by atoms with E-state index in [1.54, 1.807) is 6.20 Å².